The van der Waals surface area contributed by atoms with Crippen molar-refractivity contribution >= 4 is 23.6 Å². The smallest absolute Gasteiger partial charge is 0.307 e. The fourth-order valence-corrected chi connectivity index (χ4v) is 5.11. The molecule has 6 heteroatoms. The van der Waals surface area contributed by atoms with E-state index in [1.165, 1.54) is 0 Å². The number of allylic oxidation sites excluding steroid dienone is 3. The molecule has 2 aliphatic rings. The molecule has 196 valence electrons. The standard InChI is InChI=1S/C32H36N4O2/c1-4-5-6-8-25-16-23(20-36-14-7-9-27(21-36)32(37)38)10-13-29(25)31-34-19-30(35-31)26-12-11-24(15-22(2)3)28(17-26)18-33/h4-6,8,10-13,16-17,22,27H,7,9,14-15,19-21H2,1-3H3,(H,37,38)/b5-4-,8-6-. The van der Waals surface area contributed by atoms with Crippen LogP contribution >= 0.6 is 0 Å². The van der Waals surface area contributed by atoms with Crippen molar-refractivity contribution in [3.63, 3.8) is 0 Å². The molecule has 38 heavy (non-hydrogen) atoms. The van der Waals surface area contributed by atoms with Gasteiger partial charge in [0, 0.05) is 18.7 Å². The Morgan fingerprint density at radius 2 is 2.08 bits per heavy atom. The maximum Gasteiger partial charge on any atom is 0.307 e. The number of rotatable bonds is 9. The Kier molecular flexibility index (Phi) is 9.04. The van der Waals surface area contributed by atoms with Crippen LogP contribution in [0.1, 0.15) is 67.0 Å². The van der Waals surface area contributed by atoms with Crippen molar-refractivity contribution in [1.29, 1.82) is 5.26 Å². The minimum absolute atomic E-state index is 0.293. The van der Waals surface area contributed by atoms with Crippen molar-refractivity contribution in [2.45, 2.75) is 46.6 Å². The van der Waals surface area contributed by atoms with Crippen molar-refractivity contribution in [2.75, 3.05) is 19.6 Å². The predicted octanol–water partition coefficient (Wildman–Crippen LogP) is 5.89. The number of benzene rings is 2. The third-order valence-electron chi connectivity index (χ3n) is 7.01. The van der Waals surface area contributed by atoms with Crippen LogP contribution in [0.4, 0.5) is 0 Å². The minimum atomic E-state index is -0.704. The van der Waals surface area contributed by atoms with Crippen molar-refractivity contribution in [3.05, 3.63) is 88.0 Å². The van der Waals surface area contributed by atoms with E-state index in [1.807, 2.05) is 37.3 Å². The molecule has 0 aromatic heterocycles. The minimum Gasteiger partial charge on any atom is -0.481 e. The lowest BCUT2D eigenvalue weighted by atomic mass is 9.95. The van der Waals surface area contributed by atoms with Gasteiger partial charge in [-0.3, -0.25) is 14.7 Å². The second kappa shape index (κ2) is 12.6. The monoisotopic (exact) mass is 508 g/mol. The lowest BCUT2D eigenvalue weighted by Gasteiger charge is -2.30. The number of aliphatic imine (C=N–C) groups is 2. The number of hydrogen-bond donors (Lipinski definition) is 1. The maximum absolute atomic E-state index is 11.5. The van der Waals surface area contributed by atoms with Gasteiger partial charge in [-0.15, -0.1) is 0 Å². The number of carboxylic acid groups (broad SMARTS) is 1. The van der Waals surface area contributed by atoms with Gasteiger partial charge in [0.25, 0.3) is 0 Å². The molecule has 2 aromatic rings. The number of hydrogen-bond acceptors (Lipinski definition) is 5. The summed E-state index contributed by atoms with van der Waals surface area (Å²) in [4.78, 5) is 23.4. The van der Waals surface area contributed by atoms with Gasteiger partial charge in [-0.25, -0.2) is 4.99 Å². The normalized spacial score (nSPS) is 18.2. The molecule has 4 rings (SSSR count). The number of nitrogens with zero attached hydrogens (tertiary/aromatic N) is 4. The Labute approximate surface area is 225 Å². The Balaban J connectivity index is 1.58. The predicted molar refractivity (Wildman–Crippen MR) is 154 cm³/mol. The molecule has 1 fully saturated rings. The quantitative estimate of drug-likeness (QED) is 0.428. The van der Waals surface area contributed by atoms with E-state index >= 15 is 0 Å². The first kappa shape index (κ1) is 27.2. The molecule has 2 heterocycles. The molecule has 1 N–H and O–H groups in total. The Morgan fingerprint density at radius 1 is 1.24 bits per heavy atom. The second-order valence-corrected chi connectivity index (χ2v) is 10.5. The molecule has 0 aliphatic carbocycles. The van der Waals surface area contributed by atoms with E-state index in [0.717, 1.165) is 65.9 Å². The highest BCUT2D eigenvalue weighted by Crippen LogP contribution is 2.24. The lowest BCUT2D eigenvalue weighted by Crippen LogP contribution is -2.38. The molecule has 2 aliphatic heterocycles. The molecule has 0 bridgehead atoms. The summed E-state index contributed by atoms with van der Waals surface area (Å²) in [6.07, 6.45) is 10.6. The number of likely N-dealkylation sites (tertiary alicyclic amines) is 1. The van der Waals surface area contributed by atoms with E-state index < -0.39 is 5.97 Å². The number of amidine groups is 1. The van der Waals surface area contributed by atoms with Crippen molar-refractivity contribution < 1.29 is 9.90 Å². The highest BCUT2D eigenvalue weighted by atomic mass is 16.4. The topological polar surface area (TPSA) is 89.0 Å². The van der Waals surface area contributed by atoms with E-state index in [2.05, 4.69) is 55.2 Å². The SMILES string of the molecule is C/C=C\C=C/c1cc(CN2CCCC(C(=O)O)C2)ccc1C1=NCC(c2ccc(CC(C)C)c(C#N)c2)=N1. The van der Waals surface area contributed by atoms with E-state index in [9.17, 15) is 15.2 Å². The van der Waals surface area contributed by atoms with Crippen LogP contribution in [-0.4, -0.2) is 47.2 Å². The van der Waals surface area contributed by atoms with Crippen LogP contribution in [0.25, 0.3) is 6.08 Å². The van der Waals surface area contributed by atoms with Gasteiger partial charge in [-0.05, 0) is 73.0 Å². The van der Waals surface area contributed by atoms with E-state index in [4.69, 9.17) is 9.98 Å². The van der Waals surface area contributed by atoms with Crippen LogP contribution in [0.2, 0.25) is 0 Å². The highest BCUT2D eigenvalue weighted by Gasteiger charge is 2.25. The average Bonchev–Trinajstić information content (AvgIpc) is 3.39. The third-order valence-corrected chi connectivity index (χ3v) is 7.01. The number of carbonyl (C=O) groups is 1. The van der Waals surface area contributed by atoms with Gasteiger partial charge in [-0.2, -0.15) is 5.26 Å². The molecule has 1 atom stereocenters. The molecule has 0 spiro atoms. The van der Waals surface area contributed by atoms with Crippen LogP contribution < -0.4 is 0 Å². The Hall–Kier alpha value is -3.82. The fraction of sp³-hybridized carbons (Fsp3) is 0.375. The van der Waals surface area contributed by atoms with Crippen molar-refractivity contribution in [1.82, 2.24) is 4.90 Å². The zero-order valence-electron chi connectivity index (χ0n) is 22.5. The number of aliphatic carboxylic acids is 1. The summed E-state index contributed by atoms with van der Waals surface area (Å²) >= 11 is 0. The summed E-state index contributed by atoms with van der Waals surface area (Å²) in [6.45, 7) is 8.99. The van der Waals surface area contributed by atoms with Gasteiger partial charge >= 0.3 is 5.97 Å². The van der Waals surface area contributed by atoms with Gasteiger partial charge in [-0.1, -0.05) is 62.4 Å². The molecule has 6 nitrogen and oxygen atoms in total. The molecule has 1 unspecified atom stereocenters. The third kappa shape index (κ3) is 6.73. The molecule has 0 amide bonds. The van der Waals surface area contributed by atoms with Crippen LogP contribution in [0.15, 0.2) is 64.6 Å². The number of nitriles is 1. The highest BCUT2D eigenvalue weighted by molar-refractivity contribution is 6.18. The number of carboxylic acids is 1. The van der Waals surface area contributed by atoms with Gasteiger partial charge in [0.05, 0.1) is 29.8 Å². The summed E-state index contributed by atoms with van der Waals surface area (Å²) in [7, 11) is 0. The van der Waals surface area contributed by atoms with Gasteiger partial charge < -0.3 is 5.11 Å². The molecular weight excluding hydrogens is 472 g/mol. The average molecular weight is 509 g/mol. The summed E-state index contributed by atoms with van der Waals surface area (Å²) < 4.78 is 0. The molecular formula is C32H36N4O2. The molecule has 2 aromatic carbocycles. The Bertz CT molecular complexity index is 1340. The number of piperidine rings is 1. The van der Waals surface area contributed by atoms with Crippen LogP contribution in [-0.2, 0) is 17.8 Å². The molecule has 1 saturated heterocycles. The second-order valence-electron chi connectivity index (χ2n) is 10.5. The summed E-state index contributed by atoms with van der Waals surface area (Å²) in [5.41, 5.74) is 6.71. The molecule has 0 saturated carbocycles. The first-order valence-electron chi connectivity index (χ1n) is 13.4. The van der Waals surface area contributed by atoms with Gasteiger partial charge in [0.1, 0.15) is 0 Å². The summed E-state index contributed by atoms with van der Waals surface area (Å²) in [5, 5.41) is 19.1. The summed E-state index contributed by atoms with van der Waals surface area (Å²) in [6, 6.07) is 14.7. The largest absolute Gasteiger partial charge is 0.481 e. The van der Waals surface area contributed by atoms with Crippen LogP contribution in [0.3, 0.4) is 0 Å². The molecule has 0 radical (unpaired) electrons. The zero-order chi connectivity index (χ0) is 27.1. The lowest BCUT2D eigenvalue weighted by molar-refractivity contribution is -0.143. The fourth-order valence-electron chi connectivity index (χ4n) is 5.11. The van der Waals surface area contributed by atoms with Gasteiger partial charge in [0.2, 0.25) is 0 Å². The van der Waals surface area contributed by atoms with Crippen molar-refractivity contribution in [3.8, 4) is 6.07 Å². The zero-order valence-corrected chi connectivity index (χ0v) is 22.5. The van der Waals surface area contributed by atoms with Crippen LogP contribution in [0.5, 0.6) is 0 Å². The summed E-state index contributed by atoms with van der Waals surface area (Å²) in [5.74, 6) is 0.181. The maximum atomic E-state index is 11.5. The van der Waals surface area contributed by atoms with E-state index in [0.29, 0.717) is 30.4 Å². The van der Waals surface area contributed by atoms with Crippen molar-refractivity contribution in [2.24, 2.45) is 21.8 Å². The Morgan fingerprint density at radius 3 is 2.82 bits per heavy atom. The van der Waals surface area contributed by atoms with E-state index in [-0.39, 0.29) is 5.92 Å². The van der Waals surface area contributed by atoms with E-state index in [1.54, 1.807) is 0 Å². The van der Waals surface area contributed by atoms with Crippen LogP contribution in [0, 0.1) is 23.2 Å². The first-order valence-corrected chi connectivity index (χ1v) is 13.4. The first-order chi connectivity index (χ1) is 18.4. The van der Waals surface area contributed by atoms with Gasteiger partial charge in [0.15, 0.2) is 5.84 Å².